The summed E-state index contributed by atoms with van der Waals surface area (Å²) in [6.45, 7) is 0.172. The molecule has 0 N–H and O–H groups in total. The van der Waals surface area contributed by atoms with Gasteiger partial charge in [-0.05, 0) is 67.9 Å². The van der Waals surface area contributed by atoms with Crippen LogP contribution in [0.4, 0.5) is 0 Å². The van der Waals surface area contributed by atoms with E-state index < -0.39 is 0 Å². The summed E-state index contributed by atoms with van der Waals surface area (Å²) in [6, 6.07) is 6.81. The standard InChI is InChI=1S/C22H24BrNO4/c23-22-10-14-7-15(11-22)9-21(8-14,13-22)12-18(25)28-6-5-24-19(26)16-3-1-2-4-17(16)20(24)27/h1-4,14-15H,5-13H2/t14-,15+,21?,22?. The normalized spacial score (nSPS) is 35.4. The van der Waals surface area contributed by atoms with Crippen molar-refractivity contribution >= 4 is 33.7 Å². The minimum Gasteiger partial charge on any atom is -0.464 e. The van der Waals surface area contributed by atoms with Gasteiger partial charge in [-0.3, -0.25) is 19.3 Å². The Morgan fingerprint density at radius 1 is 1.07 bits per heavy atom. The van der Waals surface area contributed by atoms with Gasteiger partial charge in [0.2, 0.25) is 0 Å². The van der Waals surface area contributed by atoms with Crippen molar-refractivity contribution in [1.82, 2.24) is 4.90 Å². The molecule has 2 unspecified atom stereocenters. The van der Waals surface area contributed by atoms with Crippen LogP contribution < -0.4 is 0 Å². The zero-order valence-corrected chi connectivity index (χ0v) is 17.4. The molecule has 0 aromatic heterocycles. The lowest BCUT2D eigenvalue weighted by atomic mass is 9.49. The van der Waals surface area contributed by atoms with Crippen LogP contribution in [0.2, 0.25) is 0 Å². The second kappa shape index (κ2) is 6.41. The molecule has 1 aromatic rings. The lowest BCUT2D eigenvalue weighted by molar-refractivity contribution is -0.151. The third-order valence-electron chi connectivity index (χ3n) is 7.09. The Bertz CT molecular complexity index is 817. The summed E-state index contributed by atoms with van der Waals surface area (Å²) in [5.41, 5.74) is 0.922. The van der Waals surface area contributed by atoms with Gasteiger partial charge in [-0.2, -0.15) is 0 Å². The number of ether oxygens (including phenoxy) is 1. The molecule has 148 valence electrons. The maximum absolute atomic E-state index is 12.6. The van der Waals surface area contributed by atoms with E-state index in [1.807, 2.05) is 0 Å². The predicted molar refractivity (Wildman–Crippen MR) is 106 cm³/mol. The maximum atomic E-state index is 12.6. The van der Waals surface area contributed by atoms with E-state index in [1.54, 1.807) is 24.3 Å². The highest BCUT2D eigenvalue weighted by Crippen LogP contribution is 2.65. The summed E-state index contributed by atoms with van der Waals surface area (Å²) < 4.78 is 5.69. The number of alkyl halides is 1. The molecule has 4 aliphatic carbocycles. The second-order valence-corrected chi connectivity index (χ2v) is 11.0. The Hall–Kier alpha value is -1.69. The molecule has 1 heterocycles. The van der Waals surface area contributed by atoms with Gasteiger partial charge in [0.15, 0.2) is 0 Å². The van der Waals surface area contributed by atoms with Gasteiger partial charge in [0.25, 0.3) is 11.8 Å². The number of imide groups is 1. The first-order valence-electron chi connectivity index (χ1n) is 10.2. The van der Waals surface area contributed by atoms with Gasteiger partial charge in [0.05, 0.1) is 24.1 Å². The van der Waals surface area contributed by atoms with Crippen LogP contribution in [0.25, 0.3) is 0 Å². The molecule has 1 aliphatic heterocycles. The van der Waals surface area contributed by atoms with E-state index in [2.05, 4.69) is 15.9 Å². The van der Waals surface area contributed by atoms with Crippen LogP contribution in [0.5, 0.6) is 0 Å². The van der Waals surface area contributed by atoms with Crippen molar-refractivity contribution in [3.8, 4) is 0 Å². The molecular formula is C22H24BrNO4. The molecule has 0 saturated heterocycles. The van der Waals surface area contributed by atoms with Crippen LogP contribution in [0, 0.1) is 17.3 Å². The zero-order valence-electron chi connectivity index (χ0n) is 15.8. The van der Waals surface area contributed by atoms with E-state index in [0.717, 1.165) is 31.1 Å². The van der Waals surface area contributed by atoms with E-state index >= 15 is 0 Å². The van der Waals surface area contributed by atoms with E-state index in [0.29, 0.717) is 17.5 Å². The number of carbonyl (C=O) groups excluding carboxylic acids is 3. The lowest BCUT2D eigenvalue weighted by Gasteiger charge is -2.60. The van der Waals surface area contributed by atoms with Crippen molar-refractivity contribution < 1.29 is 19.1 Å². The minimum absolute atomic E-state index is 0.0622. The molecule has 2 amide bonds. The van der Waals surface area contributed by atoms with Crippen molar-refractivity contribution in [2.75, 3.05) is 13.2 Å². The third kappa shape index (κ3) is 3.00. The maximum Gasteiger partial charge on any atom is 0.306 e. The van der Waals surface area contributed by atoms with Crippen LogP contribution in [-0.2, 0) is 9.53 Å². The summed E-state index contributed by atoms with van der Waals surface area (Å²) >= 11 is 3.97. The van der Waals surface area contributed by atoms with Crippen LogP contribution in [0.3, 0.4) is 0 Å². The predicted octanol–water partition coefficient (Wildman–Crippen LogP) is 3.95. The SMILES string of the molecule is O=C(CC12C[C@@H]3C[C@@H](CC(Br)(C3)C1)C2)OCCN1C(=O)c2ccccc2C1=O. The molecule has 4 bridgehead atoms. The number of hydrogen-bond donors (Lipinski definition) is 0. The van der Waals surface area contributed by atoms with E-state index in [9.17, 15) is 14.4 Å². The molecule has 0 radical (unpaired) electrons. The van der Waals surface area contributed by atoms with Crippen molar-refractivity contribution in [2.24, 2.45) is 17.3 Å². The van der Waals surface area contributed by atoms with Crippen molar-refractivity contribution in [3.63, 3.8) is 0 Å². The summed E-state index contributed by atoms with van der Waals surface area (Å²) in [4.78, 5) is 38.5. The first-order valence-corrected chi connectivity index (χ1v) is 11.0. The van der Waals surface area contributed by atoms with Gasteiger partial charge in [-0.25, -0.2) is 0 Å². The number of nitrogens with zero attached hydrogens (tertiary/aromatic N) is 1. The Kier molecular flexibility index (Phi) is 4.20. The van der Waals surface area contributed by atoms with Gasteiger partial charge < -0.3 is 4.74 Å². The number of carbonyl (C=O) groups is 3. The largest absolute Gasteiger partial charge is 0.464 e. The van der Waals surface area contributed by atoms with Gasteiger partial charge in [0, 0.05) is 4.32 Å². The van der Waals surface area contributed by atoms with Crippen LogP contribution in [0.15, 0.2) is 24.3 Å². The van der Waals surface area contributed by atoms with Crippen molar-refractivity contribution in [2.45, 2.75) is 49.3 Å². The summed E-state index contributed by atoms with van der Waals surface area (Å²) in [6.07, 6.45) is 7.55. The molecule has 0 spiro atoms. The highest BCUT2D eigenvalue weighted by atomic mass is 79.9. The number of fused-ring (bicyclic) bond motifs is 1. The smallest absolute Gasteiger partial charge is 0.306 e. The average molecular weight is 446 g/mol. The molecule has 4 fully saturated rings. The van der Waals surface area contributed by atoms with E-state index in [1.165, 1.54) is 24.2 Å². The van der Waals surface area contributed by atoms with E-state index in [-0.39, 0.29) is 40.7 Å². The van der Waals surface area contributed by atoms with Crippen LogP contribution >= 0.6 is 15.9 Å². The second-order valence-electron chi connectivity index (χ2n) is 9.32. The zero-order chi connectivity index (χ0) is 19.5. The fourth-order valence-corrected chi connectivity index (χ4v) is 8.10. The molecule has 5 aliphatic rings. The number of halogens is 1. The minimum atomic E-state index is -0.307. The van der Waals surface area contributed by atoms with Gasteiger partial charge in [0.1, 0.15) is 6.61 Å². The summed E-state index contributed by atoms with van der Waals surface area (Å²) in [5, 5.41) is 0. The Balaban J connectivity index is 1.17. The summed E-state index contributed by atoms with van der Waals surface area (Å²) in [5.74, 6) is 0.645. The fraction of sp³-hybridized carbons (Fsp3) is 0.591. The number of amides is 2. The quantitative estimate of drug-likeness (QED) is 0.391. The Morgan fingerprint density at radius 3 is 2.25 bits per heavy atom. The lowest BCUT2D eigenvalue weighted by Crippen LogP contribution is -2.53. The van der Waals surface area contributed by atoms with Gasteiger partial charge in [-0.15, -0.1) is 0 Å². The average Bonchev–Trinajstić information content (AvgIpc) is 2.84. The molecule has 6 heteroatoms. The molecule has 6 rings (SSSR count). The van der Waals surface area contributed by atoms with Crippen molar-refractivity contribution in [3.05, 3.63) is 35.4 Å². The highest BCUT2D eigenvalue weighted by Gasteiger charge is 2.57. The number of benzene rings is 1. The Morgan fingerprint density at radius 2 is 1.68 bits per heavy atom. The van der Waals surface area contributed by atoms with Gasteiger partial charge >= 0.3 is 5.97 Å². The molecule has 5 nitrogen and oxygen atoms in total. The Labute approximate surface area is 172 Å². The van der Waals surface area contributed by atoms with Gasteiger partial charge in [-0.1, -0.05) is 28.1 Å². The molecule has 4 atom stereocenters. The van der Waals surface area contributed by atoms with Crippen molar-refractivity contribution in [1.29, 1.82) is 0 Å². The van der Waals surface area contributed by atoms with Crippen LogP contribution in [0.1, 0.15) is 65.7 Å². The van der Waals surface area contributed by atoms with Crippen LogP contribution in [-0.4, -0.2) is 40.2 Å². The first kappa shape index (κ1) is 18.3. The monoisotopic (exact) mass is 445 g/mol. The summed E-state index contributed by atoms with van der Waals surface area (Å²) in [7, 11) is 0. The third-order valence-corrected chi connectivity index (χ3v) is 8.01. The number of hydrogen-bond acceptors (Lipinski definition) is 4. The first-order chi connectivity index (χ1) is 13.4. The highest BCUT2D eigenvalue weighted by molar-refractivity contribution is 9.10. The van der Waals surface area contributed by atoms with E-state index in [4.69, 9.17) is 4.74 Å². The molecule has 4 saturated carbocycles. The topological polar surface area (TPSA) is 63.7 Å². The molecule has 1 aromatic carbocycles. The number of esters is 1. The molecular weight excluding hydrogens is 422 g/mol. The fourth-order valence-electron chi connectivity index (χ4n) is 6.59. The number of rotatable bonds is 5. The molecule has 28 heavy (non-hydrogen) atoms.